The number of hydrogen-bond acceptors (Lipinski definition) is 3. The van der Waals surface area contributed by atoms with Crippen LogP contribution in [0, 0.1) is 0 Å². The lowest BCUT2D eigenvalue weighted by Crippen LogP contribution is -2.01. The lowest BCUT2D eigenvalue weighted by atomic mass is 9.95. The standard InChI is InChI=1S/C14H16O3S/c1-9(2)12-8-11(15)7-10-5-4-6-13(14(10)12)18(3,16)17/h4-9,15H,1-3H3. The Morgan fingerprint density at radius 2 is 1.83 bits per heavy atom. The summed E-state index contributed by atoms with van der Waals surface area (Å²) >= 11 is 0. The van der Waals surface area contributed by atoms with Crippen molar-refractivity contribution in [3.8, 4) is 5.75 Å². The quantitative estimate of drug-likeness (QED) is 0.907. The van der Waals surface area contributed by atoms with Gasteiger partial charge in [0.05, 0.1) is 4.90 Å². The van der Waals surface area contributed by atoms with Gasteiger partial charge in [0.1, 0.15) is 5.75 Å². The molecule has 0 radical (unpaired) electrons. The third-order valence-electron chi connectivity index (χ3n) is 2.98. The van der Waals surface area contributed by atoms with E-state index in [0.717, 1.165) is 10.9 Å². The number of hydrogen-bond donors (Lipinski definition) is 1. The van der Waals surface area contributed by atoms with E-state index in [1.807, 2.05) is 19.9 Å². The summed E-state index contributed by atoms with van der Waals surface area (Å²) < 4.78 is 23.7. The Morgan fingerprint density at radius 1 is 1.17 bits per heavy atom. The fraction of sp³-hybridized carbons (Fsp3) is 0.286. The van der Waals surface area contributed by atoms with Gasteiger partial charge in [-0.15, -0.1) is 0 Å². The van der Waals surface area contributed by atoms with E-state index in [9.17, 15) is 13.5 Å². The molecule has 0 aliphatic carbocycles. The summed E-state index contributed by atoms with van der Waals surface area (Å²) in [5, 5.41) is 11.2. The molecule has 0 unspecified atom stereocenters. The molecular weight excluding hydrogens is 248 g/mol. The predicted octanol–water partition coefficient (Wildman–Crippen LogP) is 3.07. The second-order valence-corrected chi connectivity index (χ2v) is 6.80. The van der Waals surface area contributed by atoms with E-state index >= 15 is 0 Å². The number of rotatable bonds is 2. The number of sulfone groups is 1. The smallest absolute Gasteiger partial charge is 0.176 e. The van der Waals surface area contributed by atoms with Gasteiger partial charge in [-0.25, -0.2) is 8.42 Å². The normalized spacial score (nSPS) is 12.2. The van der Waals surface area contributed by atoms with Crippen molar-refractivity contribution in [3.63, 3.8) is 0 Å². The molecule has 0 spiro atoms. The average Bonchev–Trinajstić information content (AvgIpc) is 2.25. The van der Waals surface area contributed by atoms with Gasteiger partial charge in [-0.2, -0.15) is 0 Å². The van der Waals surface area contributed by atoms with Crippen LogP contribution in [0.3, 0.4) is 0 Å². The molecule has 0 atom stereocenters. The fourth-order valence-electron chi connectivity index (χ4n) is 2.17. The number of benzene rings is 2. The van der Waals surface area contributed by atoms with Crippen molar-refractivity contribution >= 4 is 20.6 Å². The zero-order chi connectivity index (χ0) is 13.5. The van der Waals surface area contributed by atoms with Crippen molar-refractivity contribution in [2.45, 2.75) is 24.7 Å². The molecule has 0 bridgehead atoms. The number of aromatic hydroxyl groups is 1. The Morgan fingerprint density at radius 3 is 2.39 bits per heavy atom. The van der Waals surface area contributed by atoms with E-state index in [2.05, 4.69) is 0 Å². The van der Waals surface area contributed by atoms with Gasteiger partial charge in [0, 0.05) is 11.6 Å². The first-order chi connectivity index (χ1) is 8.30. The molecular formula is C14H16O3S. The van der Waals surface area contributed by atoms with Crippen LogP contribution >= 0.6 is 0 Å². The minimum atomic E-state index is -3.28. The predicted molar refractivity (Wildman–Crippen MR) is 72.8 cm³/mol. The van der Waals surface area contributed by atoms with Crippen molar-refractivity contribution in [2.24, 2.45) is 0 Å². The molecule has 0 amide bonds. The van der Waals surface area contributed by atoms with Gasteiger partial charge < -0.3 is 5.11 Å². The first-order valence-electron chi connectivity index (χ1n) is 5.76. The van der Waals surface area contributed by atoms with Crippen LogP contribution in [0.15, 0.2) is 35.2 Å². The zero-order valence-corrected chi connectivity index (χ0v) is 11.5. The maximum atomic E-state index is 11.8. The van der Waals surface area contributed by atoms with Crippen molar-refractivity contribution in [1.82, 2.24) is 0 Å². The molecule has 96 valence electrons. The highest BCUT2D eigenvalue weighted by atomic mass is 32.2. The molecule has 0 fully saturated rings. The molecule has 0 saturated carbocycles. The van der Waals surface area contributed by atoms with Gasteiger partial charge >= 0.3 is 0 Å². The molecule has 0 aromatic heterocycles. The molecule has 2 rings (SSSR count). The van der Waals surface area contributed by atoms with E-state index in [4.69, 9.17) is 0 Å². The van der Waals surface area contributed by atoms with Crippen LogP contribution in [0.2, 0.25) is 0 Å². The van der Waals surface area contributed by atoms with Crippen LogP contribution in [0.4, 0.5) is 0 Å². The Kier molecular flexibility index (Phi) is 3.07. The van der Waals surface area contributed by atoms with Crippen LogP contribution in [0.1, 0.15) is 25.3 Å². The van der Waals surface area contributed by atoms with E-state index in [0.29, 0.717) is 10.3 Å². The number of fused-ring (bicyclic) bond motifs is 1. The topological polar surface area (TPSA) is 54.4 Å². The van der Waals surface area contributed by atoms with Crippen molar-refractivity contribution in [2.75, 3.05) is 6.26 Å². The molecule has 0 aliphatic rings. The van der Waals surface area contributed by atoms with Gasteiger partial charge in [-0.3, -0.25) is 0 Å². The molecule has 18 heavy (non-hydrogen) atoms. The first-order valence-corrected chi connectivity index (χ1v) is 7.65. The SMILES string of the molecule is CC(C)c1cc(O)cc2cccc(S(C)(=O)=O)c12. The highest BCUT2D eigenvalue weighted by molar-refractivity contribution is 7.91. The van der Waals surface area contributed by atoms with Crippen LogP contribution in [0.25, 0.3) is 10.8 Å². The van der Waals surface area contributed by atoms with Crippen LogP contribution in [-0.4, -0.2) is 19.8 Å². The Labute approximate surface area is 107 Å². The lowest BCUT2D eigenvalue weighted by Gasteiger charge is -2.14. The fourth-order valence-corrected chi connectivity index (χ4v) is 3.11. The molecule has 0 aliphatic heterocycles. The van der Waals surface area contributed by atoms with Crippen LogP contribution < -0.4 is 0 Å². The lowest BCUT2D eigenvalue weighted by molar-refractivity contribution is 0.475. The Balaban J connectivity index is 2.99. The third-order valence-corrected chi connectivity index (χ3v) is 4.11. The summed E-state index contributed by atoms with van der Waals surface area (Å²) in [6, 6.07) is 8.36. The number of phenolic OH excluding ortho intramolecular Hbond substituents is 1. The minimum Gasteiger partial charge on any atom is -0.508 e. The molecule has 2 aromatic rings. The summed E-state index contributed by atoms with van der Waals surface area (Å²) in [5.41, 5.74) is 0.853. The third kappa shape index (κ3) is 2.20. The van der Waals surface area contributed by atoms with E-state index in [-0.39, 0.29) is 11.7 Å². The largest absolute Gasteiger partial charge is 0.508 e. The van der Waals surface area contributed by atoms with Gasteiger partial charge in [-0.1, -0.05) is 26.0 Å². The van der Waals surface area contributed by atoms with Crippen LogP contribution in [-0.2, 0) is 9.84 Å². The maximum Gasteiger partial charge on any atom is 0.176 e. The molecule has 4 heteroatoms. The minimum absolute atomic E-state index is 0.141. The maximum absolute atomic E-state index is 11.8. The van der Waals surface area contributed by atoms with E-state index < -0.39 is 9.84 Å². The zero-order valence-electron chi connectivity index (χ0n) is 10.6. The molecule has 0 heterocycles. The first kappa shape index (κ1) is 12.9. The average molecular weight is 264 g/mol. The van der Waals surface area contributed by atoms with Crippen molar-refractivity contribution < 1.29 is 13.5 Å². The summed E-state index contributed by atoms with van der Waals surface area (Å²) in [5.74, 6) is 0.305. The second-order valence-electron chi connectivity index (χ2n) is 4.82. The van der Waals surface area contributed by atoms with Crippen LogP contribution in [0.5, 0.6) is 5.75 Å². The van der Waals surface area contributed by atoms with Crippen molar-refractivity contribution in [3.05, 3.63) is 35.9 Å². The summed E-state index contributed by atoms with van der Waals surface area (Å²) in [6.45, 7) is 3.96. The van der Waals surface area contributed by atoms with E-state index in [1.165, 1.54) is 6.26 Å². The van der Waals surface area contributed by atoms with Gasteiger partial charge in [0.2, 0.25) is 0 Å². The van der Waals surface area contributed by atoms with Gasteiger partial charge in [0.25, 0.3) is 0 Å². The van der Waals surface area contributed by atoms with Gasteiger partial charge in [0.15, 0.2) is 9.84 Å². The molecule has 3 nitrogen and oxygen atoms in total. The highest BCUT2D eigenvalue weighted by Crippen LogP contribution is 2.34. The summed E-state index contributed by atoms with van der Waals surface area (Å²) in [6.07, 6.45) is 1.21. The Hall–Kier alpha value is -1.55. The number of phenols is 1. The van der Waals surface area contributed by atoms with E-state index in [1.54, 1.807) is 24.3 Å². The van der Waals surface area contributed by atoms with Gasteiger partial charge in [-0.05, 0) is 35.1 Å². The summed E-state index contributed by atoms with van der Waals surface area (Å²) in [7, 11) is -3.28. The molecule has 1 N–H and O–H groups in total. The Bertz CT molecular complexity index is 700. The molecule has 0 saturated heterocycles. The monoisotopic (exact) mass is 264 g/mol. The summed E-state index contributed by atoms with van der Waals surface area (Å²) in [4.78, 5) is 0.323. The highest BCUT2D eigenvalue weighted by Gasteiger charge is 2.16. The molecule has 2 aromatic carbocycles. The second kappa shape index (κ2) is 4.28. The van der Waals surface area contributed by atoms with Crippen molar-refractivity contribution in [1.29, 1.82) is 0 Å².